The van der Waals surface area contributed by atoms with Gasteiger partial charge < -0.3 is 5.32 Å². The average Bonchev–Trinajstić information content (AvgIpc) is 2.15. The van der Waals surface area contributed by atoms with Crippen molar-refractivity contribution in [1.82, 2.24) is 0 Å². The fraction of sp³-hybridized carbons (Fsp3) is 0.455. The molecule has 0 radical (unpaired) electrons. The molecule has 1 aromatic carbocycles. The molecule has 0 bridgehead atoms. The summed E-state index contributed by atoms with van der Waals surface area (Å²) in [4.78, 5) is 10.2. The summed E-state index contributed by atoms with van der Waals surface area (Å²) in [6.07, 6.45) is 3.57. The van der Waals surface area contributed by atoms with Crippen molar-refractivity contribution in [2.75, 3.05) is 5.32 Å². The lowest BCUT2D eigenvalue weighted by molar-refractivity contribution is -0.384. The minimum Gasteiger partial charge on any atom is -0.382 e. The average molecular weight is 241 g/mol. The molecule has 1 saturated carbocycles. The molecule has 4 nitrogen and oxygen atoms in total. The fourth-order valence-electron chi connectivity index (χ4n) is 1.73. The van der Waals surface area contributed by atoms with Crippen molar-refractivity contribution >= 4 is 23.0 Å². The number of nitrogens with zero attached hydrogens (tertiary/aromatic N) is 1. The van der Waals surface area contributed by atoms with E-state index in [1.165, 1.54) is 12.5 Å². The summed E-state index contributed by atoms with van der Waals surface area (Å²) in [5.74, 6) is 0. The predicted molar refractivity (Wildman–Crippen MR) is 64.1 cm³/mol. The third-order valence-electron chi connectivity index (χ3n) is 2.96. The first-order valence-electron chi connectivity index (χ1n) is 5.29. The number of aryl methyl sites for hydroxylation is 1. The number of halogens is 1. The number of nitro groups is 1. The molecule has 0 spiro atoms. The van der Waals surface area contributed by atoms with E-state index in [9.17, 15) is 10.1 Å². The standard InChI is InChI=1S/C11H13ClN2O2/c1-7-5-11(14(15)16)9(12)6-10(7)13-8-3-2-4-8/h5-6,8,13H,2-4H2,1H3. The zero-order valence-corrected chi connectivity index (χ0v) is 9.75. The molecule has 0 amide bonds. The molecule has 1 N–H and O–H groups in total. The number of rotatable bonds is 3. The smallest absolute Gasteiger partial charge is 0.288 e. The van der Waals surface area contributed by atoms with Gasteiger partial charge in [-0.2, -0.15) is 0 Å². The first-order chi connectivity index (χ1) is 7.58. The Morgan fingerprint density at radius 2 is 2.19 bits per heavy atom. The Bertz CT molecular complexity index is 430. The van der Waals surface area contributed by atoms with Crippen LogP contribution in [0.15, 0.2) is 12.1 Å². The van der Waals surface area contributed by atoms with Crippen molar-refractivity contribution < 1.29 is 4.92 Å². The lowest BCUT2D eigenvalue weighted by Gasteiger charge is -2.28. The van der Waals surface area contributed by atoms with Crippen molar-refractivity contribution in [1.29, 1.82) is 0 Å². The predicted octanol–water partition coefficient (Wildman–Crippen LogP) is 3.52. The lowest BCUT2D eigenvalue weighted by Crippen LogP contribution is -2.27. The maximum absolute atomic E-state index is 10.7. The maximum Gasteiger partial charge on any atom is 0.288 e. The van der Waals surface area contributed by atoms with Crippen LogP contribution in [0.2, 0.25) is 5.02 Å². The van der Waals surface area contributed by atoms with Gasteiger partial charge in [-0.25, -0.2) is 0 Å². The van der Waals surface area contributed by atoms with Crippen LogP contribution in [0.3, 0.4) is 0 Å². The minimum absolute atomic E-state index is 0.0293. The Morgan fingerprint density at radius 1 is 1.50 bits per heavy atom. The number of benzene rings is 1. The molecule has 0 aromatic heterocycles. The summed E-state index contributed by atoms with van der Waals surface area (Å²) in [5, 5.41) is 14.2. The fourth-order valence-corrected chi connectivity index (χ4v) is 1.97. The molecule has 1 aromatic rings. The van der Waals surface area contributed by atoms with Crippen LogP contribution in [-0.2, 0) is 0 Å². The highest BCUT2D eigenvalue weighted by molar-refractivity contribution is 6.33. The quantitative estimate of drug-likeness (QED) is 0.650. The third-order valence-corrected chi connectivity index (χ3v) is 3.26. The highest BCUT2D eigenvalue weighted by atomic mass is 35.5. The minimum atomic E-state index is -0.456. The number of hydrogen-bond donors (Lipinski definition) is 1. The van der Waals surface area contributed by atoms with E-state index >= 15 is 0 Å². The molecule has 2 rings (SSSR count). The van der Waals surface area contributed by atoms with Crippen LogP contribution in [0.5, 0.6) is 0 Å². The maximum atomic E-state index is 10.7. The highest BCUT2D eigenvalue weighted by Crippen LogP contribution is 2.32. The Kier molecular flexibility index (Phi) is 3.01. The Morgan fingerprint density at radius 3 is 2.69 bits per heavy atom. The molecule has 1 aliphatic rings. The zero-order chi connectivity index (χ0) is 11.7. The Labute approximate surface area is 98.8 Å². The molecule has 16 heavy (non-hydrogen) atoms. The summed E-state index contributed by atoms with van der Waals surface area (Å²) in [7, 11) is 0. The van der Waals surface area contributed by atoms with Gasteiger partial charge in [0.05, 0.1) is 4.92 Å². The molecule has 0 aliphatic heterocycles. The molecule has 1 aliphatic carbocycles. The summed E-state index contributed by atoms with van der Waals surface area (Å²) < 4.78 is 0. The van der Waals surface area contributed by atoms with Gasteiger partial charge in [-0.15, -0.1) is 0 Å². The van der Waals surface area contributed by atoms with Crippen molar-refractivity contribution in [3.05, 3.63) is 32.8 Å². The van der Waals surface area contributed by atoms with Gasteiger partial charge in [0, 0.05) is 17.8 Å². The lowest BCUT2D eigenvalue weighted by atomic mass is 9.92. The van der Waals surface area contributed by atoms with Gasteiger partial charge >= 0.3 is 0 Å². The van der Waals surface area contributed by atoms with Crippen LogP contribution >= 0.6 is 11.6 Å². The van der Waals surface area contributed by atoms with Gasteiger partial charge in [0.2, 0.25) is 0 Å². The van der Waals surface area contributed by atoms with Crippen molar-refractivity contribution in [2.45, 2.75) is 32.2 Å². The van der Waals surface area contributed by atoms with E-state index < -0.39 is 4.92 Å². The van der Waals surface area contributed by atoms with Gasteiger partial charge in [0.25, 0.3) is 5.69 Å². The number of nitrogens with one attached hydrogen (secondary N) is 1. The topological polar surface area (TPSA) is 55.2 Å². The van der Waals surface area contributed by atoms with Gasteiger partial charge in [-0.1, -0.05) is 11.6 Å². The van der Waals surface area contributed by atoms with E-state index in [-0.39, 0.29) is 10.7 Å². The van der Waals surface area contributed by atoms with E-state index in [2.05, 4.69) is 5.32 Å². The molecule has 1 fully saturated rings. The zero-order valence-electron chi connectivity index (χ0n) is 9.00. The van der Waals surface area contributed by atoms with Gasteiger partial charge in [0.1, 0.15) is 5.02 Å². The van der Waals surface area contributed by atoms with Crippen LogP contribution in [0.25, 0.3) is 0 Å². The van der Waals surface area contributed by atoms with E-state index in [0.29, 0.717) is 6.04 Å². The van der Waals surface area contributed by atoms with Crippen molar-refractivity contribution in [3.63, 3.8) is 0 Å². The number of nitro benzene ring substituents is 1. The molecule has 86 valence electrons. The van der Waals surface area contributed by atoms with Crippen LogP contribution in [0, 0.1) is 17.0 Å². The molecule has 0 atom stereocenters. The second-order valence-electron chi connectivity index (χ2n) is 4.15. The first-order valence-corrected chi connectivity index (χ1v) is 5.67. The van der Waals surface area contributed by atoms with E-state index in [4.69, 9.17) is 11.6 Å². The van der Waals surface area contributed by atoms with Crippen LogP contribution in [0.1, 0.15) is 24.8 Å². The van der Waals surface area contributed by atoms with Crippen molar-refractivity contribution in [2.24, 2.45) is 0 Å². The second kappa shape index (κ2) is 4.29. The normalized spacial score (nSPS) is 15.6. The summed E-state index contributed by atoms with van der Waals surface area (Å²) >= 11 is 5.86. The Balaban J connectivity index is 2.25. The molecule has 0 heterocycles. The number of hydrogen-bond acceptors (Lipinski definition) is 3. The summed E-state index contributed by atoms with van der Waals surface area (Å²) in [5.41, 5.74) is 1.74. The van der Waals surface area contributed by atoms with Gasteiger partial charge in [-0.05, 0) is 37.8 Å². The van der Waals surface area contributed by atoms with Gasteiger partial charge in [-0.3, -0.25) is 10.1 Å². The van der Waals surface area contributed by atoms with E-state index in [1.807, 2.05) is 6.92 Å². The summed E-state index contributed by atoms with van der Waals surface area (Å²) in [6.45, 7) is 1.85. The van der Waals surface area contributed by atoms with Crippen molar-refractivity contribution in [3.8, 4) is 0 Å². The number of anilines is 1. The summed E-state index contributed by atoms with van der Waals surface area (Å²) in [6, 6.07) is 3.66. The molecule has 0 saturated heterocycles. The van der Waals surface area contributed by atoms with E-state index in [1.54, 1.807) is 6.07 Å². The molecule has 5 heteroatoms. The monoisotopic (exact) mass is 240 g/mol. The van der Waals surface area contributed by atoms with E-state index in [0.717, 1.165) is 24.1 Å². The molecular weight excluding hydrogens is 228 g/mol. The van der Waals surface area contributed by atoms with Crippen LogP contribution < -0.4 is 5.32 Å². The Hall–Kier alpha value is -1.29. The molecular formula is C11H13ClN2O2. The van der Waals surface area contributed by atoms with Crippen LogP contribution in [0.4, 0.5) is 11.4 Å². The largest absolute Gasteiger partial charge is 0.382 e. The molecule has 0 unspecified atom stereocenters. The SMILES string of the molecule is Cc1cc([N+](=O)[O-])c(Cl)cc1NC1CCC1. The first kappa shape index (κ1) is 11.2. The third kappa shape index (κ3) is 2.11. The van der Waals surface area contributed by atoms with Gasteiger partial charge in [0.15, 0.2) is 0 Å². The second-order valence-corrected chi connectivity index (χ2v) is 4.56. The highest BCUT2D eigenvalue weighted by Gasteiger charge is 2.20. The van der Waals surface area contributed by atoms with Crippen LogP contribution in [-0.4, -0.2) is 11.0 Å².